The summed E-state index contributed by atoms with van der Waals surface area (Å²) in [6.07, 6.45) is 0. The van der Waals surface area contributed by atoms with Crippen LogP contribution in [0, 0.1) is 11.8 Å². The summed E-state index contributed by atoms with van der Waals surface area (Å²) in [4.78, 5) is 11.5. The van der Waals surface area contributed by atoms with Crippen molar-refractivity contribution in [2.24, 2.45) is 11.8 Å². The molecule has 0 spiro atoms. The summed E-state index contributed by atoms with van der Waals surface area (Å²) in [7, 11) is -2.32. The van der Waals surface area contributed by atoms with Crippen molar-refractivity contribution >= 4 is 16.0 Å². The molecule has 2 aliphatic rings. The molecule has 1 saturated carbocycles. The number of nitrogens with one attached hydrogen (secondary N) is 2. The molecule has 1 saturated heterocycles. The normalized spacial score (nSPS) is 27.9. The Balaban J connectivity index is 1.79. The SMILES string of the molecule is COC(=O)c1cccc(S(=O)(=O)NC2C3CNCC32)c1. The Morgan fingerprint density at radius 2 is 2.05 bits per heavy atom. The number of sulfonamides is 1. The molecular weight excluding hydrogens is 280 g/mol. The zero-order chi connectivity index (χ0) is 14.3. The fourth-order valence-corrected chi connectivity index (χ4v) is 4.13. The summed E-state index contributed by atoms with van der Waals surface area (Å²) in [5.41, 5.74) is 0.230. The number of piperidine rings is 1. The van der Waals surface area contributed by atoms with Gasteiger partial charge in [0.15, 0.2) is 0 Å². The van der Waals surface area contributed by atoms with E-state index >= 15 is 0 Å². The van der Waals surface area contributed by atoms with Crippen molar-refractivity contribution in [3.8, 4) is 0 Å². The van der Waals surface area contributed by atoms with E-state index in [2.05, 4.69) is 14.8 Å². The minimum absolute atomic E-state index is 0.0167. The average Bonchev–Trinajstić information content (AvgIpc) is 2.89. The maximum absolute atomic E-state index is 12.3. The quantitative estimate of drug-likeness (QED) is 0.762. The van der Waals surface area contributed by atoms with Crippen molar-refractivity contribution in [2.45, 2.75) is 10.9 Å². The lowest BCUT2D eigenvalue weighted by Gasteiger charge is -2.09. The molecule has 1 aromatic rings. The van der Waals surface area contributed by atoms with Gasteiger partial charge in [-0.3, -0.25) is 0 Å². The first kappa shape index (κ1) is 13.5. The van der Waals surface area contributed by atoms with Crippen molar-refractivity contribution < 1.29 is 17.9 Å². The highest BCUT2D eigenvalue weighted by molar-refractivity contribution is 7.89. The highest BCUT2D eigenvalue weighted by atomic mass is 32.2. The first-order valence-corrected chi connectivity index (χ1v) is 7.92. The molecule has 1 aliphatic heterocycles. The molecule has 0 aromatic heterocycles. The zero-order valence-corrected chi connectivity index (χ0v) is 11.8. The van der Waals surface area contributed by atoms with E-state index in [1.165, 1.54) is 31.4 Å². The van der Waals surface area contributed by atoms with E-state index in [4.69, 9.17) is 0 Å². The van der Waals surface area contributed by atoms with Crippen LogP contribution >= 0.6 is 0 Å². The third kappa shape index (κ3) is 2.32. The number of methoxy groups -OCH3 is 1. The molecule has 0 amide bonds. The smallest absolute Gasteiger partial charge is 0.337 e. The van der Waals surface area contributed by atoms with Crippen LogP contribution in [0.5, 0.6) is 0 Å². The largest absolute Gasteiger partial charge is 0.465 e. The lowest BCUT2D eigenvalue weighted by molar-refractivity contribution is 0.0600. The number of carbonyl (C=O) groups excluding carboxylic acids is 1. The maximum atomic E-state index is 12.3. The van der Waals surface area contributed by atoms with Crippen LogP contribution in [-0.4, -0.2) is 40.6 Å². The molecular formula is C13H16N2O4S. The number of hydrogen-bond acceptors (Lipinski definition) is 5. The van der Waals surface area contributed by atoms with Crippen molar-refractivity contribution in [3.05, 3.63) is 29.8 Å². The monoisotopic (exact) mass is 296 g/mol. The van der Waals surface area contributed by atoms with Crippen molar-refractivity contribution in [1.82, 2.24) is 10.0 Å². The summed E-state index contributed by atoms with van der Waals surface area (Å²) in [6, 6.07) is 5.90. The van der Waals surface area contributed by atoms with Gasteiger partial charge in [-0.05, 0) is 43.1 Å². The lowest BCUT2D eigenvalue weighted by Crippen LogP contribution is -2.32. The Hall–Kier alpha value is -1.44. The van der Waals surface area contributed by atoms with E-state index < -0.39 is 16.0 Å². The summed E-state index contributed by atoms with van der Waals surface area (Å²) in [5, 5.41) is 3.21. The summed E-state index contributed by atoms with van der Waals surface area (Å²) >= 11 is 0. The molecule has 0 radical (unpaired) electrons. The third-order valence-corrected chi connectivity index (χ3v) is 5.41. The Morgan fingerprint density at radius 1 is 1.35 bits per heavy atom. The molecule has 1 aromatic carbocycles. The van der Waals surface area contributed by atoms with E-state index in [1.807, 2.05) is 0 Å². The second kappa shape index (κ2) is 4.83. The van der Waals surface area contributed by atoms with Gasteiger partial charge in [-0.15, -0.1) is 0 Å². The molecule has 2 atom stereocenters. The topological polar surface area (TPSA) is 84.5 Å². The Bertz CT molecular complexity index is 634. The maximum Gasteiger partial charge on any atom is 0.337 e. The molecule has 2 unspecified atom stereocenters. The molecule has 0 bridgehead atoms. The van der Waals surface area contributed by atoms with Gasteiger partial charge in [0.05, 0.1) is 17.6 Å². The van der Waals surface area contributed by atoms with Gasteiger partial charge in [0.25, 0.3) is 0 Å². The predicted octanol–water partition coefficient (Wildman–Crippen LogP) is -0.0307. The average molecular weight is 296 g/mol. The van der Waals surface area contributed by atoms with Crippen molar-refractivity contribution in [1.29, 1.82) is 0 Å². The number of hydrogen-bond donors (Lipinski definition) is 2. The number of rotatable bonds is 4. The van der Waals surface area contributed by atoms with Crippen molar-refractivity contribution in [2.75, 3.05) is 20.2 Å². The molecule has 3 rings (SSSR count). The van der Waals surface area contributed by atoms with Gasteiger partial charge >= 0.3 is 5.97 Å². The van der Waals surface area contributed by atoms with Gasteiger partial charge in [-0.25, -0.2) is 17.9 Å². The van der Waals surface area contributed by atoms with E-state index in [0.717, 1.165) is 13.1 Å². The summed E-state index contributed by atoms with van der Waals surface area (Å²) in [6.45, 7) is 1.72. The molecule has 2 fully saturated rings. The van der Waals surface area contributed by atoms with Crippen LogP contribution in [-0.2, 0) is 14.8 Å². The molecule has 2 N–H and O–H groups in total. The summed E-state index contributed by atoms with van der Waals surface area (Å²) < 4.78 is 31.9. The standard InChI is InChI=1S/C13H16N2O4S/c1-19-13(16)8-3-2-4-9(5-8)20(17,18)15-12-10-6-14-7-11(10)12/h2-5,10-12,14-15H,6-7H2,1H3. The van der Waals surface area contributed by atoms with Crippen LogP contribution in [0.1, 0.15) is 10.4 Å². The first-order valence-electron chi connectivity index (χ1n) is 6.44. The zero-order valence-electron chi connectivity index (χ0n) is 11.0. The van der Waals surface area contributed by atoms with Gasteiger partial charge in [0.1, 0.15) is 0 Å². The van der Waals surface area contributed by atoms with Crippen LogP contribution in [0.4, 0.5) is 0 Å². The minimum Gasteiger partial charge on any atom is -0.465 e. The highest BCUT2D eigenvalue weighted by Gasteiger charge is 2.54. The molecule has 7 heteroatoms. The van der Waals surface area contributed by atoms with Gasteiger partial charge in [-0.2, -0.15) is 0 Å². The van der Waals surface area contributed by atoms with Gasteiger partial charge in [0, 0.05) is 6.04 Å². The summed E-state index contributed by atoms with van der Waals surface area (Å²) in [5.74, 6) is 0.247. The fourth-order valence-electron chi connectivity index (χ4n) is 2.75. The van der Waals surface area contributed by atoms with Crippen LogP contribution in [0.3, 0.4) is 0 Å². The Labute approximate surface area is 117 Å². The van der Waals surface area contributed by atoms with E-state index in [0.29, 0.717) is 11.8 Å². The Morgan fingerprint density at radius 3 is 2.70 bits per heavy atom. The van der Waals surface area contributed by atoms with Crippen LogP contribution in [0.2, 0.25) is 0 Å². The first-order chi connectivity index (χ1) is 9.53. The molecule has 1 heterocycles. The van der Waals surface area contributed by atoms with Gasteiger partial charge in [-0.1, -0.05) is 6.07 Å². The van der Waals surface area contributed by atoms with Crippen LogP contribution in [0.15, 0.2) is 29.2 Å². The second-order valence-corrected chi connectivity index (χ2v) is 6.87. The number of carbonyl (C=O) groups is 1. The van der Waals surface area contributed by atoms with E-state index in [1.54, 1.807) is 0 Å². The second-order valence-electron chi connectivity index (χ2n) is 5.15. The van der Waals surface area contributed by atoms with Gasteiger partial charge in [0.2, 0.25) is 10.0 Å². The molecule has 1 aliphatic carbocycles. The molecule has 108 valence electrons. The van der Waals surface area contributed by atoms with E-state index in [9.17, 15) is 13.2 Å². The predicted molar refractivity (Wildman–Crippen MR) is 71.7 cm³/mol. The van der Waals surface area contributed by atoms with Crippen LogP contribution in [0.25, 0.3) is 0 Å². The number of benzene rings is 1. The molecule has 20 heavy (non-hydrogen) atoms. The number of ether oxygens (including phenoxy) is 1. The number of fused-ring (bicyclic) bond motifs is 1. The van der Waals surface area contributed by atoms with Gasteiger partial charge < -0.3 is 10.1 Å². The van der Waals surface area contributed by atoms with Crippen molar-refractivity contribution in [3.63, 3.8) is 0 Å². The van der Waals surface area contributed by atoms with E-state index in [-0.39, 0.29) is 16.5 Å². The third-order valence-electron chi connectivity index (χ3n) is 3.95. The number of esters is 1. The highest BCUT2D eigenvalue weighted by Crippen LogP contribution is 2.42. The lowest BCUT2D eigenvalue weighted by atomic mass is 10.2. The fraction of sp³-hybridized carbons (Fsp3) is 0.462. The Kier molecular flexibility index (Phi) is 3.27. The molecule has 6 nitrogen and oxygen atoms in total. The minimum atomic E-state index is -3.59. The van der Waals surface area contributed by atoms with Crippen LogP contribution < -0.4 is 10.0 Å².